The van der Waals surface area contributed by atoms with Crippen molar-refractivity contribution in [3.8, 4) is 0 Å². The van der Waals surface area contributed by atoms with Gasteiger partial charge >= 0.3 is 0 Å². The van der Waals surface area contributed by atoms with Gasteiger partial charge in [-0.15, -0.1) is 0 Å². The molecule has 0 radical (unpaired) electrons. The summed E-state index contributed by atoms with van der Waals surface area (Å²) in [5, 5.41) is 3.35. The molecule has 0 fully saturated rings. The van der Waals surface area contributed by atoms with Gasteiger partial charge in [0.05, 0.1) is 5.69 Å². The average Bonchev–Trinajstić information content (AvgIpc) is 2.70. The summed E-state index contributed by atoms with van der Waals surface area (Å²) in [6.45, 7) is 3.44. The SMILES string of the molecule is C=Nc1ccc2oc(C(=O)NC)cc2c1. The molecule has 0 bridgehead atoms. The first-order valence-electron chi connectivity index (χ1n) is 4.47. The molecule has 1 aromatic heterocycles. The molecule has 4 nitrogen and oxygen atoms in total. The van der Waals surface area contributed by atoms with Crippen molar-refractivity contribution < 1.29 is 9.21 Å². The number of rotatable bonds is 2. The van der Waals surface area contributed by atoms with Gasteiger partial charge in [-0.3, -0.25) is 9.79 Å². The fraction of sp³-hybridized carbons (Fsp3) is 0.0909. The summed E-state index contributed by atoms with van der Waals surface area (Å²) >= 11 is 0. The number of nitrogens with one attached hydrogen (secondary N) is 1. The second kappa shape index (κ2) is 3.57. The maximum atomic E-state index is 11.3. The van der Waals surface area contributed by atoms with Crippen LogP contribution in [0.4, 0.5) is 5.69 Å². The molecule has 0 aliphatic rings. The zero-order valence-electron chi connectivity index (χ0n) is 8.28. The van der Waals surface area contributed by atoms with E-state index in [1.54, 1.807) is 25.2 Å². The topological polar surface area (TPSA) is 54.6 Å². The second-order valence-electron chi connectivity index (χ2n) is 3.07. The predicted molar refractivity (Wildman–Crippen MR) is 58.8 cm³/mol. The molecule has 1 N–H and O–H groups in total. The lowest BCUT2D eigenvalue weighted by Gasteiger charge is -1.91. The average molecular weight is 202 g/mol. The van der Waals surface area contributed by atoms with Crippen molar-refractivity contribution in [2.75, 3.05) is 7.05 Å². The van der Waals surface area contributed by atoms with Crippen LogP contribution in [-0.4, -0.2) is 19.7 Å². The summed E-state index contributed by atoms with van der Waals surface area (Å²) in [5.74, 6) is 0.0630. The minimum atomic E-state index is -0.237. The van der Waals surface area contributed by atoms with Crippen molar-refractivity contribution in [1.29, 1.82) is 0 Å². The minimum Gasteiger partial charge on any atom is -0.451 e. The third kappa shape index (κ3) is 1.61. The maximum absolute atomic E-state index is 11.3. The highest BCUT2D eigenvalue weighted by Gasteiger charge is 2.10. The largest absolute Gasteiger partial charge is 0.451 e. The van der Waals surface area contributed by atoms with Crippen LogP contribution in [0.3, 0.4) is 0 Å². The molecule has 0 aliphatic carbocycles. The van der Waals surface area contributed by atoms with Gasteiger partial charge in [-0.1, -0.05) is 0 Å². The van der Waals surface area contributed by atoms with Crippen molar-refractivity contribution in [2.45, 2.75) is 0 Å². The van der Waals surface area contributed by atoms with Gasteiger partial charge in [-0.05, 0) is 31.0 Å². The van der Waals surface area contributed by atoms with Gasteiger partial charge in [-0.2, -0.15) is 0 Å². The zero-order valence-corrected chi connectivity index (χ0v) is 8.28. The third-order valence-corrected chi connectivity index (χ3v) is 2.13. The summed E-state index contributed by atoms with van der Waals surface area (Å²) < 4.78 is 5.35. The van der Waals surface area contributed by atoms with Gasteiger partial charge in [-0.25, -0.2) is 0 Å². The van der Waals surface area contributed by atoms with Crippen molar-refractivity contribution >= 4 is 29.3 Å². The summed E-state index contributed by atoms with van der Waals surface area (Å²) in [6.07, 6.45) is 0. The first-order chi connectivity index (χ1) is 7.24. The lowest BCUT2D eigenvalue weighted by atomic mass is 10.2. The van der Waals surface area contributed by atoms with Crippen LogP contribution in [0.15, 0.2) is 33.7 Å². The molecule has 76 valence electrons. The fourth-order valence-corrected chi connectivity index (χ4v) is 1.36. The molecular weight excluding hydrogens is 192 g/mol. The standard InChI is InChI=1S/C11H10N2O2/c1-12-8-3-4-9-7(5-8)6-10(15-9)11(14)13-2/h3-6H,1H2,2H3,(H,13,14). The van der Waals surface area contributed by atoms with E-state index in [4.69, 9.17) is 4.42 Å². The number of carbonyl (C=O) groups is 1. The molecule has 1 amide bonds. The highest BCUT2D eigenvalue weighted by Crippen LogP contribution is 2.24. The molecule has 1 aromatic carbocycles. The molecule has 0 aliphatic heterocycles. The fourth-order valence-electron chi connectivity index (χ4n) is 1.36. The molecule has 1 heterocycles. The number of fused-ring (bicyclic) bond motifs is 1. The Morgan fingerprint density at radius 1 is 1.47 bits per heavy atom. The van der Waals surface area contributed by atoms with Gasteiger partial charge in [0.2, 0.25) is 0 Å². The first kappa shape index (κ1) is 9.45. The van der Waals surface area contributed by atoms with Crippen LogP contribution >= 0.6 is 0 Å². The summed E-state index contributed by atoms with van der Waals surface area (Å²) in [6, 6.07) is 7.05. The van der Waals surface area contributed by atoms with E-state index in [-0.39, 0.29) is 5.91 Å². The van der Waals surface area contributed by atoms with E-state index in [2.05, 4.69) is 17.0 Å². The summed E-state index contributed by atoms with van der Waals surface area (Å²) in [7, 11) is 1.56. The number of amides is 1. The van der Waals surface area contributed by atoms with Crippen LogP contribution in [-0.2, 0) is 0 Å². The molecule has 0 unspecified atom stereocenters. The lowest BCUT2D eigenvalue weighted by Crippen LogP contribution is -2.16. The van der Waals surface area contributed by atoms with E-state index in [9.17, 15) is 4.79 Å². The Kier molecular flexibility index (Phi) is 2.25. The van der Waals surface area contributed by atoms with Crippen LogP contribution < -0.4 is 5.32 Å². The summed E-state index contributed by atoms with van der Waals surface area (Å²) in [5.41, 5.74) is 1.42. The molecule has 15 heavy (non-hydrogen) atoms. The predicted octanol–water partition coefficient (Wildman–Crippen LogP) is 2.12. The van der Waals surface area contributed by atoms with Crippen LogP contribution in [0.2, 0.25) is 0 Å². The Balaban J connectivity index is 2.55. The number of aliphatic imine (C=N–C) groups is 1. The van der Waals surface area contributed by atoms with Gasteiger partial charge in [0.15, 0.2) is 5.76 Å². The van der Waals surface area contributed by atoms with Crippen LogP contribution in [0.25, 0.3) is 11.0 Å². The lowest BCUT2D eigenvalue weighted by molar-refractivity contribution is 0.0938. The van der Waals surface area contributed by atoms with Gasteiger partial charge < -0.3 is 9.73 Å². The van der Waals surface area contributed by atoms with Crippen molar-refractivity contribution in [3.63, 3.8) is 0 Å². The monoisotopic (exact) mass is 202 g/mol. The number of carbonyl (C=O) groups excluding carboxylic acids is 1. The Hall–Kier alpha value is -2.10. The third-order valence-electron chi connectivity index (χ3n) is 2.13. The second-order valence-corrected chi connectivity index (χ2v) is 3.07. The Morgan fingerprint density at radius 3 is 2.93 bits per heavy atom. The van der Waals surface area contributed by atoms with E-state index in [1.807, 2.05) is 6.07 Å². The van der Waals surface area contributed by atoms with Crippen molar-refractivity contribution in [2.24, 2.45) is 4.99 Å². The van der Waals surface area contributed by atoms with E-state index in [0.29, 0.717) is 11.3 Å². The molecule has 2 aromatic rings. The molecule has 0 saturated carbocycles. The molecule has 0 spiro atoms. The van der Waals surface area contributed by atoms with E-state index in [1.165, 1.54) is 0 Å². The number of benzene rings is 1. The van der Waals surface area contributed by atoms with E-state index < -0.39 is 0 Å². The normalized spacial score (nSPS) is 10.2. The van der Waals surface area contributed by atoms with Gasteiger partial charge in [0.1, 0.15) is 5.58 Å². The first-order valence-corrected chi connectivity index (χ1v) is 4.47. The zero-order chi connectivity index (χ0) is 10.8. The van der Waals surface area contributed by atoms with Crippen LogP contribution in [0.1, 0.15) is 10.6 Å². The number of nitrogens with zero attached hydrogens (tertiary/aromatic N) is 1. The van der Waals surface area contributed by atoms with Crippen molar-refractivity contribution in [3.05, 3.63) is 30.0 Å². The van der Waals surface area contributed by atoms with E-state index >= 15 is 0 Å². The number of hydrogen-bond acceptors (Lipinski definition) is 3. The molecular formula is C11H10N2O2. The van der Waals surface area contributed by atoms with Gasteiger partial charge in [0.25, 0.3) is 5.91 Å². The Labute approximate surface area is 86.6 Å². The van der Waals surface area contributed by atoms with E-state index in [0.717, 1.165) is 11.1 Å². The van der Waals surface area contributed by atoms with Crippen molar-refractivity contribution in [1.82, 2.24) is 5.32 Å². The highest BCUT2D eigenvalue weighted by molar-refractivity contribution is 5.96. The number of hydrogen-bond donors (Lipinski definition) is 1. The summed E-state index contributed by atoms with van der Waals surface area (Å²) in [4.78, 5) is 15.1. The quantitative estimate of drug-likeness (QED) is 0.758. The number of furan rings is 1. The maximum Gasteiger partial charge on any atom is 0.286 e. The molecule has 0 atom stereocenters. The molecule has 0 saturated heterocycles. The Morgan fingerprint density at radius 2 is 2.27 bits per heavy atom. The smallest absolute Gasteiger partial charge is 0.286 e. The van der Waals surface area contributed by atoms with Crippen LogP contribution in [0.5, 0.6) is 0 Å². The Bertz CT molecular complexity index is 528. The minimum absolute atomic E-state index is 0.237. The highest BCUT2D eigenvalue weighted by atomic mass is 16.3. The van der Waals surface area contributed by atoms with Gasteiger partial charge in [0, 0.05) is 12.4 Å². The molecule has 2 rings (SSSR count). The molecule has 4 heteroatoms. The van der Waals surface area contributed by atoms with Crippen LogP contribution in [0, 0.1) is 0 Å².